The number of anilines is 2. The molecule has 3 atom stereocenters. The SMILES string of the molecule is O=C1[C@@H]2[C@@H](ON(c3ccccc3)[C@H]2c2cc(Br)ccc2O)C(=O)N1c1ccccc1Cl. The first-order valence-electron chi connectivity index (χ1n) is 9.59. The summed E-state index contributed by atoms with van der Waals surface area (Å²) in [6, 6.07) is 20.1. The molecular weight excluding hydrogens is 484 g/mol. The Bertz CT molecular complexity index is 1190. The fourth-order valence-corrected chi connectivity index (χ4v) is 4.76. The molecular formula is C23H16BrClN2O4. The predicted molar refractivity (Wildman–Crippen MR) is 120 cm³/mol. The summed E-state index contributed by atoms with van der Waals surface area (Å²) in [6.45, 7) is 0. The maximum atomic E-state index is 13.6. The van der Waals surface area contributed by atoms with Gasteiger partial charge in [0.05, 0.1) is 22.4 Å². The molecule has 6 nitrogen and oxygen atoms in total. The highest BCUT2D eigenvalue weighted by atomic mass is 79.9. The van der Waals surface area contributed by atoms with Crippen molar-refractivity contribution in [1.29, 1.82) is 0 Å². The second-order valence-electron chi connectivity index (χ2n) is 7.32. The van der Waals surface area contributed by atoms with Crippen molar-refractivity contribution in [3.05, 3.63) is 87.9 Å². The number of fused-ring (bicyclic) bond motifs is 1. The molecule has 2 amide bonds. The van der Waals surface area contributed by atoms with E-state index in [9.17, 15) is 14.7 Å². The van der Waals surface area contributed by atoms with Gasteiger partial charge in [-0.05, 0) is 42.5 Å². The zero-order chi connectivity index (χ0) is 21.7. The van der Waals surface area contributed by atoms with E-state index in [1.54, 1.807) is 42.5 Å². The minimum Gasteiger partial charge on any atom is -0.508 e. The molecule has 5 rings (SSSR count). The van der Waals surface area contributed by atoms with Crippen LogP contribution >= 0.6 is 27.5 Å². The minimum atomic E-state index is -1.03. The normalized spacial score (nSPS) is 22.8. The van der Waals surface area contributed by atoms with Gasteiger partial charge in [-0.3, -0.25) is 14.4 Å². The molecule has 2 aliphatic heterocycles. The molecule has 0 aromatic heterocycles. The summed E-state index contributed by atoms with van der Waals surface area (Å²) in [7, 11) is 0. The van der Waals surface area contributed by atoms with Crippen LogP contribution in [0.4, 0.5) is 11.4 Å². The molecule has 3 aromatic rings. The van der Waals surface area contributed by atoms with Gasteiger partial charge in [-0.1, -0.05) is 57.9 Å². The van der Waals surface area contributed by atoms with Crippen LogP contribution in [-0.4, -0.2) is 23.0 Å². The molecule has 8 heteroatoms. The Kier molecular flexibility index (Phi) is 4.97. The number of aromatic hydroxyl groups is 1. The molecule has 2 fully saturated rings. The van der Waals surface area contributed by atoms with Gasteiger partial charge >= 0.3 is 0 Å². The smallest absolute Gasteiger partial charge is 0.266 e. The number of rotatable bonds is 3. The van der Waals surface area contributed by atoms with Crippen molar-refractivity contribution >= 4 is 50.7 Å². The van der Waals surface area contributed by atoms with Crippen molar-refractivity contribution in [2.45, 2.75) is 12.1 Å². The van der Waals surface area contributed by atoms with E-state index in [-0.39, 0.29) is 5.75 Å². The van der Waals surface area contributed by atoms with Crippen molar-refractivity contribution in [3.8, 4) is 5.75 Å². The van der Waals surface area contributed by atoms with Crippen molar-refractivity contribution in [3.63, 3.8) is 0 Å². The highest BCUT2D eigenvalue weighted by Crippen LogP contribution is 2.50. The number of halogens is 2. The van der Waals surface area contributed by atoms with Gasteiger partial charge in [0.1, 0.15) is 11.7 Å². The minimum absolute atomic E-state index is 0.00910. The summed E-state index contributed by atoms with van der Waals surface area (Å²) in [5, 5.41) is 12.5. The van der Waals surface area contributed by atoms with E-state index in [1.807, 2.05) is 30.3 Å². The Labute approximate surface area is 191 Å². The highest BCUT2D eigenvalue weighted by molar-refractivity contribution is 9.10. The average Bonchev–Trinajstić information content (AvgIpc) is 3.27. The molecule has 0 unspecified atom stereocenters. The number of hydrogen-bond donors (Lipinski definition) is 1. The van der Waals surface area contributed by atoms with Crippen LogP contribution in [0.2, 0.25) is 5.02 Å². The van der Waals surface area contributed by atoms with Gasteiger partial charge in [-0.25, -0.2) is 9.96 Å². The first-order chi connectivity index (χ1) is 15.0. The molecule has 0 spiro atoms. The van der Waals surface area contributed by atoms with Crippen LogP contribution in [0.1, 0.15) is 11.6 Å². The van der Waals surface area contributed by atoms with E-state index >= 15 is 0 Å². The lowest BCUT2D eigenvalue weighted by Gasteiger charge is -2.29. The van der Waals surface area contributed by atoms with Crippen LogP contribution in [0.25, 0.3) is 0 Å². The van der Waals surface area contributed by atoms with E-state index < -0.39 is 29.9 Å². The fraction of sp³-hybridized carbons (Fsp3) is 0.130. The third-order valence-electron chi connectivity index (χ3n) is 5.53. The molecule has 0 radical (unpaired) electrons. The zero-order valence-electron chi connectivity index (χ0n) is 16.0. The standard InChI is InChI=1S/C23H16BrClN2O4/c24-13-10-11-18(28)15(12-13)20-19-21(31-27(20)14-6-2-1-3-7-14)23(30)26(22(19)29)17-9-5-4-8-16(17)25/h1-12,19-21,28H/t19-,20-,21+/m0/s1. The molecule has 3 aromatic carbocycles. The predicted octanol–water partition coefficient (Wildman–Crippen LogP) is 4.86. The Balaban J connectivity index is 1.64. The molecule has 0 saturated carbocycles. The topological polar surface area (TPSA) is 70.1 Å². The number of benzene rings is 3. The van der Waals surface area contributed by atoms with Crippen LogP contribution in [-0.2, 0) is 14.4 Å². The number of nitrogens with zero attached hydrogens (tertiary/aromatic N) is 2. The van der Waals surface area contributed by atoms with E-state index in [0.29, 0.717) is 22.0 Å². The monoisotopic (exact) mass is 498 g/mol. The summed E-state index contributed by atoms with van der Waals surface area (Å²) in [5.74, 6) is -1.76. The number of hydroxylamine groups is 1. The van der Waals surface area contributed by atoms with Gasteiger partial charge in [-0.2, -0.15) is 0 Å². The Morgan fingerprint density at radius 1 is 0.935 bits per heavy atom. The molecule has 2 heterocycles. The number of para-hydroxylation sites is 2. The summed E-state index contributed by atoms with van der Waals surface area (Å²) >= 11 is 9.70. The largest absolute Gasteiger partial charge is 0.508 e. The molecule has 0 bridgehead atoms. The van der Waals surface area contributed by atoms with Crippen molar-refractivity contribution in [1.82, 2.24) is 0 Å². The van der Waals surface area contributed by atoms with Gasteiger partial charge in [0.25, 0.3) is 5.91 Å². The zero-order valence-corrected chi connectivity index (χ0v) is 18.3. The molecule has 31 heavy (non-hydrogen) atoms. The highest BCUT2D eigenvalue weighted by Gasteiger charge is 2.61. The quantitative estimate of drug-likeness (QED) is 0.521. The number of phenols is 1. The lowest BCUT2D eigenvalue weighted by atomic mass is 9.90. The first kappa shape index (κ1) is 20.1. The van der Waals surface area contributed by atoms with Crippen LogP contribution < -0.4 is 9.96 Å². The lowest BCUT2D eigenvalue weighted by molar-refractivity contribution is -0.126. The van der Waals surface area contributed by atoms with Gasteiger partial charge < -0.3 is 5.11 Å². The fourth-order valence-electron chi connectivity index (χ4n) is 4.16. The van der Waals surface area contributed by atoms with Crippen molar-refractivity contribution < 1.29 is 19.5 Å². The van der Waals surface area contributed by atoms with Gasteiger partial charge in [0, 0.05) is 10.0 Å². The number of imide groups is 1. The maximum absolute atomic E-state index is 13.6. The van der Waals surface area contributed by atoms with Crippen LogP contribution in [0.15, 0.2) is 77.3 Å². The van der Waals surface area contributed by atoms with Gasteiger partial charge in [0.2, 0.25) is 5.91 Å². The second-order valence-corrected chi connectivity index (χ2v) is 8.65. The van der Waals surface area contributed by atoms with E-state index in [4.69, 9.17) is 16.4 Å². The maximum Gasteiger partial charge on any atom is 0.266 e. The van der Waals surface area contributed by atoms with Gasteiger partial charge in [0.15, 0.2) is 6.10 Å². The Hall–Kier alpha value is -2.87. The molecule has 156 valence electrons. The van der Waals surface area contributed by atoms with Crippen LogP contribution in [0, 0.1) is 5.92 Å². The molecule has 1 N–H and O–H groups in total. The molecule has 2 aliphatic rings. The van der Waals surface area contributed by atoms with E-state index in [2.05, 4.69) is 15.9 Å². The van der Waals surface area contributed by atoms with Crippen LogP contribution in [0.3, 0.4) is 0 Å². The van der Waals surface area contributed by atoms with Crippen molar-refractivity contribution in [2.24, 2.45) is 5.92 Å². The summed E-state index contributed by atoms with van der Waals surface area (Å²) in [4.78, 5) is 34.0. The third-order valence-corrected chi connectivity index (χ3v) is 6.34. The van der Waals surface area contributed by atoms with E-state index in [1.165, 1.54) is 5.06 Å². The summed E-state index contributed by atoms with van der Waals surface area (Å²) in [5.41, 5.74) is 1.47. The van der Waals surface area contributed by atoms with Crippen molar-refractivity contribution in [2.75, 3.05) is 9.96 Å². The molecule has 0 aliphatic carbocycles. The summed E-state index contributed by atoms with van der Waals surface area (Å²) < 4.78 is 0.733. The number of hydrogen-bond acceptors (Lipinski definition) is 5. The lowest BCUT2D eigenvalue weighted by Crippen LogP contribution is -2.37. The Morgan fingerprint density at radius 2 is 1.65 bits per heavy atom. The van der Waals surface area contributed by atoms with Gasteiger partial charge in [-0.15, -0.1) is 0 Å². The number of phenolic OH excluding ortho intramolecular Hbond substituents is 1. The number of carbonyl (C=O) groups is 2. The Morgan fingerprint density at radius 3 is 2.39 bits per heavy atom. The second kappa shape index (κ2) is 7.67. The average molecular weight is 500 g/mol. The van der Waals surface area contributed by atoms with Crippen LogP contribution in [0.5, 0.6) is 5.75 Å². The summed E-state index contributed by atoms with van der Waals surface area (Å²) in [6.07, 6.45) is -1.03. The van der Waals surface area contributed by atoms with E-state index in [0.717, 1.165) is 9.37 Å². The number of amides is 2. The first-order valence-corrected chi connectivity index (χ1v) is 10.8. The molecule has 2 saturated heterocycles. The number of carbonyl (C=O) groups excluding carboxylic acids is 2. The third kappa shape index (κ3) is 3.20.